The van der Waals surface area contributed by atoms with Crippen molar-refractivity contribution >= 4 is 12.1 Å². The van der Waals surface area contributed by atoms with Gasteiger partial charge in [0, 0.05) is 6.42 Å². The van der Waals surface area contributed by atoms with Gasteiger partial charge in [-0.3, -0.25) is 0 Å². The minimum atomic E-state index is -0.998. The molecule has 90 valence electrons. The summed E-state index contributed by atoms with van der Waals surface area (Å²) in [5.74, 6) is -0.938. The Kier molecular flexibility index (Phi) is 3.28. The maximum absolute atomic E-state index is 11.4. The Bertz CT molecular complexity index is 283. The maximum atomic E-state index is 11.4. The van der Waals surface area contributed by atoms with Crippen LogP contribution in [0.2, 0.25) is 0 Å². The summed E-state index contributed by atoms with van der Waals surface area (Å²) in [5, 5.41) is 11.3. The molecule has 0 spiro atoms. The predicted molar refractivity (Wildman–Crippen MR) is 53.0 cm³/mol. The predicted octanol–water partition coefficient (Wildman–Crippen LogP) is 0.365. The molecule has 1 saturated heterocycles. The summed E-state index contributed by atoms with van der Waals surface area (Å²) < 4.78 is 10.1. The quantitative estimate of drug-likeness (QED) is 0.727. The van der Waals surface area contributed by atoms with Crippen molar-refractivity contribution in [2.24, 2.45) is 5.92 Å². The number of carboxylic acid groups (broad SMARTS) is 1. The Morgan fingerprint density at radius 2 is 2.12 bits per heavy atom. The lowest BCUT2D eigenvalue weighted by molar-refractivity contribution is -0.140. The van der Waals surface area contributed by atoms with E-state index >= 15 is 0 Å². The molecule has 2 fully saturated rings. The fourth-order valence-corrected chi connectivity index (χ4v) is 1.73. The summed E-state index contributed by atoms with van der Waals surface area (Å²) in [5.41, 5.74) is 0. The highest BCUT2D eigenvalue weighted by molar-refractivity contribution is 5.80. The zero-order valence-corrected chi connectivity index (χ0v) is 8.85. The van der Waals surface area contributed by atoms with Crippen molar-refractivity contribution in [2.75, 3.05) is 13.2 Å². The van der Waals surface area contributed by atoms with Crippen molar-refractivity contribution in [1.29, 1.82) is 0 Å². The van der Waals surface area contributed by atoms with Gasteiger partial charge in [0.25, 0.3) is 0 Å². The van der Waals surface area contributed by atoms with Gasteiger partial charge < -0.3 is 19.9 Å². The Hall–Kier alpha value is -1.30. The lowest BCUT2D eigenvalue weighted by Crippen LogP contribution is -2.43. The van der Waals surface area contributed by atoms with E-state index < -0.39 is 18.1 Å². The topological polar surface area (TPSA) is 84.9 Å². The molecule has 1 aliphatic heterocycles. The third kappa shape index (κ3) is 2.85. The third-order valence-corrected chi connectivity index (χ3v) is 2.79. The monoisotopic (exact) mass is 229 g/mol. The smallest absolute Gasteiger partial charge is 0.408 e. The third-order valence-electron chi connectivity index (χ3n) is 2.79. The number of hydrogen-bond donors (Lipinski definition) is 2. The summed E-state index contributed by atoms with van der Waals surface area (Å²) in [6, 6.07) is -0.810. The molecule has 0 aromatic rings. The van der Waals surface area contributed by atoms with Gasteiger partial charge in [-0.15, -0.1) is 0 Å². The van der Waals surface area contributed by atoms with E-state index in [9.17, 15) is 9.59 Å². The lowest BCUT2D eigenvalue weighted by atomic mass is 10.2. The fourth-order valence-electron chi connectivity index (χ4n) is 1.73. The highest BCUT2D eigenvalue weighted by Gasteiger charge is 2.38. The van der Waals surface area contributed by atoms with E-state index in [4.69, 9.17) is 14.6 Å². The van der Waals surface area contributed by atoms with Crippen LogP contribution in [0.15, 0.2) is 0 Å². The van der Waals surface area contributed by atoms with Gasteiger partial charge in [0.1, 0.15) is 12.1 Å². The standard InChI is InChI=1S/C10H15NO5/c12-9(13)8(6-1-2-6)11-10(14)16-7-3-4-15-5-7/h6-8H,1-5H2,(H,11,14)(H,12,13). The molecule has 6 heteroatoms. The average molecular weight is 229 g/mol. The molecule has 1 aliphatic carbocycles. The highest BCUT2D eigenvalue weighted by atomic mass is 16.6. The van der Waals surface area contributed by atoms with E-state index in [1.165, 1.54) is 0 Å². The minimum Gasteiger partial charge on any atom is -0.480 e. The van der Waals surface area contributed by atoms with Crippen LogP contribution in [0.5, 0.6) is 0 Å². The number of aliphatic carboxylic acids is 1. The molecule has 0 bridgehead atoms. The molecule has 1 saturated carbocycles. The molecule has 2 unspecified atom stereocenters. The molecule has 0 aromatic carbocycles. The average Bonchev–Trinajstić information content (AvgIpc) is 2.94. The number of carbonyl (C=O) groups excluding carboxylic acids is 1. The zero-order valence-electron chi connectivity index (χ0n) is 8.85. The summed E-state index contributed by atoms with van der Waals surface area (Å²) in [6.07, 6.45) is 1.48. The number of carbonyl (C=O) groups is 2. The van der Waals surface area contributed by atoms with E-state index in [2.05, 4.69) is 5.32 Å². The number of ether oxygens (including phenoxy) is 2. The number of alkyl carbamates (subject to hydrolysis) is 1. The van der Waals surface area contributed by atoms with Crippen LogP contribution in [0.25, 0.3) is 0 Å². The van der Waals surface area contributed by atoms with Crippen LogP contribution in [0.1, 0.15) is 19.3 Å². The molecule has 2 atom stereocenters. The van der Waals surface area contributed by atoms with E-state index in [1.54, 1.807) is 0 Å². The van der Waals surface area contributed by atoms with Crippen molar-refractivity contribution in [3.05, 3.63) is 0 Å². The highest BCUT2D eigenvalue weighted by Crippen LogP contribution is 2.32. The van der Waals surface area contributed by atoms with Crippen molar-refractivity contribution in [2.45, 2.75) is 31.4 Å². The maximum Gasteiger partial charge on any atom is 0.408 e. The largest absolute Gasteiger partial charge is 0.480 e. The van der Waals surface area contributed by atoms with Gasteiger partial charge in [0.2, 0.25) is 0 Å². The number of nitrogens with one attached hydrogen (secondary N) is 1. The van der Waals surface area contributed by atoms with Gasteiger partial charge >= 0.3 is 12.1 Å². The molecular weight excluding hydrogens is 214 g/mol. The molecule has 1 amide bonds. The molecule has 6 nitrogen and oxygen atoms in total. The van der Waals surface area contributed by atoms with Crippen LogP contribution in [0.3, 0.4) is 0 Å². The van der Waals surface area contributed by atoms with Gasteiger partial charge in [-0.05, 0) is 18.8 Å². The first-order valence-corrected chi connectivity index (χ1v) is 5.44. The Morgan fingerprint density at radius 3 is 2.62 bits per heavy atom. The summed E-state index contributed by atoms with van der Waals surface area (Å²) >= 11 is 0. The molecular formula is C10H15NO5. The number of carboxylic acids is 1. The normalized spacial score (nSPS) is 26.1. The van der Waals surface area contributed by atoms with Gasteiger partial charge in [0.15, 0.2) is 0 Å². The molecule has 16 heavy (non-hydrogen) atoms. The number of hydrogen-bond acceptors (Lipinski definition) is 4. The van der Waals surface area contributed by atoms with Crippen molar-refractivity contribution in [1.82, 2.24) is 5.32 Å². The molecule has 2 N–H and O–H groups in total. The van der Waals surface area contributed by atoms with Crippen LogP contribution in [0, 0.1) is 5.92 Å². The molecule has 0 aromatic heterocycles. The summed E-state index contributed by atoms with van der Waals surface area (Å²) in [7, 11) is 0. The van der Waals surface area contributed by atoms with E-state index in [0.717, 1.165) is 12.8 Å². The van der Waals surface area contributed by atoms with E-state index in [0.29, 0.717) is 19.6 Å². The summed E-state index contributed by atoms with van der Waals surface area (Å²) in [4.78, 5) is 22.3. The van der Waals surface area contributed by atoms with Crippen molar-refractivity contribution in [3.63, 3.8) is 0 Å². The second kappa shape index (κ2) is 4.69. The zero-order chi connectivity index (χ0) is 11.5. The van der Waals surface area contributed by atoms with Crippen LogP contribution in [-0.2, 0) is 14.3 Å². The first kappa shape index (κ1) is 11.2. The Morgan fingerprint density at radius 1 is 1.38 bits per heavy atom. The molecule has 2 aliphatic rings. The SMILES string of the molecule is O=C(NC(C(=O)O)C1CC1)OC1CCOC1. The van der Waals surface area contributed by atoms with Crippen LogP contribution < -0.4 is 5.32 Å². The van der Waals surface area contributed by atoms with Gasteiger partial charge in [-0.1, -0.05) is 0 Å². The minimum absolute atomic E-state index is 0.0601. The number of amides is 1. The van der Waals surface area contributed by atoms with Gasteiger partial charge in [-0.2, -0.15) is 0 Å². The second-order valence-corrected chi connectivity index (χ2v) is 4.19. The van der Waals surface area contributed by atoms with Crippen molar-refractivity contribution < 1.29 is 24.2 Å². The number of rotatable bonds is 4. The fraction of sp³-hybridized carbons (Fsp3) is 0.800. The van der Waals surface area contributed by atoms with Gasteiger partial charge in [-0.25, -0.2) is 9.59 Å². The first-order valence-electron chi connectivity index (χ1n) is 5.44. The first-order chi connectivity index (χ1) is 7.66. The molecule has 1 heterocycles. The van der Waals surface area contributed by atoms with Crippen LogP contribution >= 0.6 is 0 Å². The van der Waals surface area contributed by atoms with E-state index in [1.807, 2.05) is 0 Å². The molecule has 0 radical (unpaired) electrons. The van der Waals surface area contributed by atoms with Crippen LogP contribution in [-0.4, -0.2) is 42.5 Å². The van der Waals surface area contributed by atoms with Gasteiger partial charge in [0.05, 0.1) is 13.2 Å². The molecule has 2 rings (SSSR count). The lowest BCUT2D eigenvalue weighted by Gasteiger charge is -2.15. The van der Waals surface area contributed by atoms with E-state index in [-0.39, 0.29) is 12.0 Å². The van der Waals surface area contributed by atoms with Crippen LogP contribution in [0.4, 0.5) is 4.79 Å². The summed E-state index contributed by atoms with van der Waals surface area (Å²) in [6.45, 7) is 0.984. The Labute approximate surface area is 92.9 Å². The Balaban J connectivity index is 1.77. The second-order valence-electron chi connectivity index (χ2n) is 4.19. The van der Waals surface area contributed by atoms with Crippen molar-refractivity contribution in [3.8, 4) is 0 Å².